The van der Waals surface area contributed by atoms with E-state index in [0.29, 0.717) is 18.7 Å². The second kappa shape index (κ2) is 8.92. The lowest BCUT2D eigenvalue weighted by Gasteiger charge is -2.37. The Kier molecular flexibility index (Phi) is 6.49. The number of anilines is 2. The van der Waals surface area contributed by atoms with Gasteiger partial charge in [-0.3, -0.25) is 4.68 Å². The second-order valence-corrected chi connectivity index (χ2v) is 12.8. The SMILES string of the molecule is CN1CCCC(N(c2cnn(C)c2)S(=O)(=O)NC(=O)Nc2c(C(C)(C)C)sc3c2CCC3)C1. The number of hydrogen-bond acceptors (Lipinski definition) is 6. The normalized spacial score (nSPS) is 19.4. The molecular formula is C22H34N6O3S2. The smallest absolute Gasteiger partial charge is 0.306 e. The highest BCUT2D eigenvalue weighted by atomic mass is 32.2. The van der Waals surface area contributed by atoms with E-state index in [-0.39, 0.29) is 11.5 Å². The van der Waals surface area contributed by atoms with Crippen LogP contribution in [-0.4, -0.2) is 55.3 Å². The topological polar surface area (TPSA) is 99.6 Å². The molecule has 0 saturated carbocycles. The zero-order valence-corrected chi connectivity index (χ0v) is 21.6. The first kappa shape index (κ1) is 24.0. The minimum Gasteiger partial charge on any atom is -0.306 e. The maximum atomic E-state index is 13.5. The van der Waals surface area contributed by atoms with Crippen molar-refractivity contribution >= 4 is 39.0 Å². The van der Waals surface area contributed by atoms with E-state index in [4.69, 9.17) is 0 Å². The molecule has 0 radical (unpaired) electrons. The molecule has 11 heteroatoms. The van der Waals surface area contributed by atoms with Crippen LogP contribution in [0.5, 0.6) is 0 Å². The number of rotatable bonds is 5. The highest BCUT2D eigenvalue weighted by molar-refractivity contribution is 7.91. The molecule has 1 atom stereocenters. The summed E-state index contributed by atoms with van der Waals surface area (Å²) in [5, 5.41) is 7.05. The Morgan fingerprint density at radius 1 is 1.24 bits per heavy atom. The molecule has 33 heavy (non-hydrogen) atoms. The number of amides is 2. The molecule has 0 bridgehead atoms. The van der Waals surface area contributed by atoms with Crippen molar-refractivity contribution in [2.45, 2.75) is 64.3 Å². The summed E-state index contributed by atoms with van der Waals surface area (Å²) in [6, 6.07) is -1.01. The molecule has 2 aromatic heterocycles. The summed E-state index contributed by atoms with van der Waals surface area (Å²) in [7, 11) is -0.435. The van der Waals surface area contributed by atoms with Crippen molar-refractivity contribution in [3.8, 4) is 0 Å². The van der Waals surface area contributed by atoms with Gasteiger partial charge in [-0.1, -0.05) is 20.8 Å². The van der Waals surface area contributed by atoms with Crippen LogP contribution in [0.2, 0.25) is 0 Å². The Bertz CT molecular complexity index is 1130. The van der Waals surface area contributed by atoms with E-state index in [1.54, 1.807) is 29.3 Å². The van der Waals surface area contributed by atoms with E-state index >= 15 is 0 Å². The molecule has 0 aromatic carbocycles. The first-order chi connectivity index (χ1) is 15.5. The Hall–Kier alpha value is -2.11. The van der Waals surface area contributed by atoms with Crippen molar-refractivity contribution in [1.29, 1.82) is 0 Å². The molecule has 1 saturated heterocycles. The predicted molar refractivity (Wildman–Crippen MR) is 132 cm³/mol. The van der Waals surface area contributed by atoms with E-state index in [9.17, 15) is 13.2 Å². The number of nitrogens with one attached hydrogen (secondary N) is 2. The van der Waals surface area contributed by atoms with Gasteiger partial charge >= 0.3 is 16.2 Å². The minimum absolute atomic E-state index is 0.148. The van der Waals surface area contributed by atoms with Gasteiger partial charge in [-0.2, -0.15) is 13.5 Å². The standard InChI is InChI=1S/C22H34N6O3S2/c1-22(2,3)20-19(17-9-6-10-18(17)32-20)24-21(29)25-33(30,31)28(16-12-23-27(5)14-16)15-8-7-11-26(4)13-15/h12,14-15H,6-11,13H2,1-5H3,(H2,24,25,29). The van der Waals surface area contributed by atoms with E-state index in [2.05, 4.69) is 40.8 Å². The summed E-state index contributed by atoms with van der Waals surface area (Å²) in [5.74, 6) is 0. The third-order valence-electron chi connectivity index (χ3n) is 6.20. The number of carbonyl (C=O) groups excluding carboxylic acids is 1. The Morgan fingerprint density at radius 3 is 2.64 bits per heavy atom. The molecule has 3 heterocycles. The summed E-state index contributed by atoms with van der Waals surface area (Å²) in [5.41, 5.74) is 2.23. The maximum Gasteiger partial charge on any atom is 0.334 e. The third-order valence-corrected chi connectivity index (χ3v) is 9.39. The van der Waals surface area contributed by atoms with Crippen LogP contribution in [0.1, 0.15) is 55.4 Å². The van der Waals surface area contributed by atoms with Gasteiger partial charge < -0.3 is 10.2 Å². The largest absolute Gasteiger partial charge is 0.334 e. The van der Waals surface area contributed by atoms with Crippen LogP contribution in [-0.2, 0) is 35.5 Å². The lowest BCUT2D eigenvalue weighted by atomic mass is 9.92. The Labute approximate surface area is 200 Å². The molecule has 2 aromatic rings. The van der Waals surface area contributed by atoms with Gasteiger partial charge in [-0.25, -0.2) is 13.8 Å². The average Bonchev–Trinajstić information content (AvgIpc) is 3.38. The number of urea groups is 1. The van der Waals surface area contributed by atoms with E-state index in [1.165, 1.54) is 15.4 Å². The molecule has 1 aliphatic heterocycles. The van der Waals surface area contributed by atoms with Gasteiger partial charge in [0.25, 0.3) is 0 Å². The van der Waals surface area contributed by atoms with E-state index in [1.807, 2.05) is 7.05 Å². The first-order valence-electron chi connectivity index (χ1n) is 11.4. The number of aryl methyl sites for hydroxylation is 2. The van der Waals surface area contributed by atoms with Crippen LogP contribution in [0.3, 0.4) is 0 Å². The number of piperidine rings is 1. The van der Waals surface area contributed by atoms with Crippen molar-refractivity contribution in [2.75, 3.05) is 29.8 Å². The van der Waals surface area contributed by atoms with Gasteiger partial charge in [0.2, 0.25) is 0 Å². The fraction of sp³-hybridized carbons (Fsp3) is 0.636. The second-order valence-electron chi connectivity index (χ2n) is 10.1. The summed E-state index contributed by atoms with van der Waals surface area (Å²) >= 11 is 1.73. The highest BCUT2D eigenvalue weighted by Crippen LogP contribution is 2.44. The zero-order valence-electron chi connectivity index (χ0n) is 20.0. The molecule has 9 nitrogen and oxygen atoms in total. The Balaban J connectivity index is 1.60. The van der Waals surface area contributed by atoms with Gasteiger partial charge in [-0.05, 0) is 56.7 Å². The lowest BCUT2D eigenvalue weighted by Crippen LogP contribution is -2.54. The molecule has 2 amide bonds. The zero-order chi connectivity index (χ0) is 24.0. The summed E-state index contributed by atoms with van der Waals surface area (Å²) in [4.78, 5) is 17.5. The molecular weight excluding hydrogens is 460 g/mol. The number of fused-ring (bicyclic) bond motifs is 1. The molecule has 1 aliphatic carbocycles. The maximum absolute atomic E-state index is 13.5. The van der Waals surface area contributed by atoms with Crippen LogP contribution in [0.4, 0.5) is 16.2 Å². The highest BCUT2D eigenvalue weighted by Gasteiger charge is 2.36. The molecule has 2 N–H and O–H groups in total. The Morgan fingerprint density at radius 2 is 2.00 bits per heavy atom. The van der Waals surface area contributed by atoms with Gasteiger partial charge in [0.1, 0.15) is 0 Å². The van der Waals surface area contributed by atoms with Crippen molar-refractivity contribution < 1.29 is 13.2 Å². The predicted octanol–water partition coefficient (Wildman–Crippen LogP) is 3.23. The van der Waals surface area contributed by atoms with E-state index in [0.717, 1.165) is 48.4 Å². The summed E-state index contributed by atoms with van der Waals surface area (Å²) < 4.78 is 32.2. The van der Waals surface area contributed by atoms with Crippen LogP contribution >= 0.6 is 11.3 Å². The monoisotopic (exact) mass is 494 g/mol. The number of nitrogens with zero attached hydrogens (tertiary/aromatic N) is 4. The van der Waals surface area contributed by atoms with Crippen LogP contribution < -0.4 is 14.3 Å². The molecule has 0 spiro atoms. The van der Waals surface area contributed by atoms with Gasteiger partial charge in [0, 0.05) is 29.5 Å². The van der Waals surface area contributed by atoms with Crippen LogP contribution in [0.15, 0.2) is 12.4 Å². The minimum atomic E-state index is -4.16. The van der Waals surface area contributed by atoms with Gasteiger partial charge in [-0.15, -0.1) is 11.3 Å². The first-order valence-corrected chi connectivity index (χ1v) is 13.7. The van der Waals surface area contributed by atoms with Crippen molar-refractivity contribution in [3.63, 3.8) is 0 Å². The van der Waals surface area contributed by atoms with Crippen LogP contribution in [0.25, 0.3) is 0 Å². The number of carbonyl (C=O) groups is 1. The van der Waals surface area contributed by atoms with E-state index < -0.39 is 16.2 Å². The van der Waals surface area contributed by atoms with Crippen molar-refractivity contribution in [2.24, 2.45) is 7.05 Å². The number of hydrogen-bond donors (Lipinski definition) is 2. The number of likely N-dealkylation sites (N-methyl/N-ethyl adjacent to an activating group) is 1. The van der Waals surface area contributed by atoms with Gasteiger partial charge in [0.05, 0.1) is 23.6 Å². The molecule has 1 unspecified atom stereocenters. The van der Waals surface area contributed by atoms with Crippen molar-refractivity contribution in [3.05, 3.63) is 27.7 Å². The summed E-state index contributed by atoms with van der Waals surface area (Å²) in [6.45, 7) is 7.83. The quantitative estimate of drug-likeness (QED) is 0.665. The van der Waals surface area contributed by atoms with Crippen molar-refractivity contribution in [1.82, 2.24) is 19.4 Å². The fourth-order valence-electron chi connectivity index (χ4n) is 4.77. The fourth-order valence-corrected chi connectivity index (χ4v) is 7.49. The van der Waals surface area contributed by atoms with Crippen LogP contribution in [0, 0.1) is 0 Å². The lowest BCUT2D eigenvalue weighted by molar-refractivity contribution is 0.251. The number of aromatic nitrogens is 2. The molecule has 182 valence electrons. The third kappa shape index (κ3) is 5.04. The molecule has 1 fully saturated rings. The summed E-state index contributed by atoms with van der Waals surface area (Å²) in [6.07, 6.45) is 7.76. The average molecular weight is 495 g/mol. The number of thiophene rings is 1. The molecule has 2 aliphatic rings. The molecule has 4 rings (SSSR count). The number of likely N-dealkylation sites (tertiary alicyclic amines) is 1. The van der Waals surface area contributed by atoms with Gasteiger partial charge in [0.15, 0.2) is 0 Å².